The van der Waals surface area contributed by atoms with Crippen molar-refractivity contribution in [3.8, 4) is 5.75 Å². The molecule has 3 heteroatoms. The van der Waals surface area contributed by atoms with Gasteiger partial charge in [-0.05, 0) is 42.9 Å². The molecule has 3 rings (SSSR count). The predicted molar refractivity (Wildman–Crippen MR) is 84.7 cm³/mol. The van der Waals surface area contributed by atoms with E-state index in [2.05, 4.69) is 33.0 Å². The molecule has 116 valence electrons. The van der Waals surface area contributed by atoms with Gasteiger partial charge in [-0.1, -0.05) is 26.8 Å². The monoisotopic (exact) mass is 289 g/mol. The lowest BCUT2D eigenvalue weighted by atomic mass is 9.64. The zero-order valence-corrected chi connectivity index (χ0v) is 13.7. The molecule has 0 radical (unpaired) electrons. The van der Waals surface area contributed by atoms with Crippen LogP contribution in [-0.4, -0.2) is 24.4 Å². The molecular formula is C18H27NO2. The van der Waals surface area contributed by atoms with Crippen LogP contribution in [0.3, 0.4) is 0 Å². The van der Waals surface area contributed by atoms with E-state index in [4.69, 9.17) is 4.74 Å². The fourth-order valence-electron chi connectivity index (χ4n) is 4.31. The first-order valence-corrected chi connectivity index (χ1v) is 7.97. The van der Waals surface area contributed by atoms with Crippen molar-refractivity contribution in [2.75, 3.05) is 7.11 Å². The number of aromatic hydroxyl groups is 1. The molecule has 21 heavy (non-hydrogen) atoms. The lowest BCUT2D eigenvalue weighted by Gasteiger charge is -2.52. The van der Waals surface area contributed by atoms with Crippen LogP contribution in [0, 0.1) is 12.3 Å². The Bertz CT molecular complexity index is 552. The van der Waals surface area contributed by atoms with Gasteiger partial charge in [0, 0.05) is 30.2 Å². The molecule has 3 nitrogen and oxygen atoms in total. The second kappa shape index (κ2) is 4.99. The summed E-state index contributed by atoms with van der Waals surface area (Å²) in [6.45, 7) is 8.93. The number of benzene rings is 1. The highest BCUT2D eigenvalue weighted by atomic mass is 16.5. The molecule has 1 aromatic rings. The molecule has 4 atom stereocenters. The van der Waals surface area contributed by atoms with Gasteiger partial charge in [-0.2, -0.15) is 0 Å². The molecular weight excluding hydrogens is 262 g/mol. The van der Waals surface area contributed by atoms with Crippen LogP contribution in [0.5, 0.6) is 5.75 Å². The van der Waals surface area contributed by atoms with Crippen molar-refractivity contribution in [3.05, 3.63) is 28.8 Å². The molecule has 1 aromatic carbocycles. The lowest BCUT2D eigenvalue weighted by molar-refractivity contribution is -0.100. The molecule has 2 aliphatic rings. The van der Waals surface area contributed by atoms with Crippen LogP contribution >= 0.6 is 0 Å². The van der Waals surface area contributed by atoms with Gasteiger partial charge in [0.1, 0.15) is 5.75 Å². The van der Waals surface area contributed by atoms with E-state index in [0.29, 0.717) is 23.8 Å². The Balaban J connectivity index is 1.83. The summed E-state index contributed by atoms with van der Waals surface area (Å²) in [6, 6.07) is 4.58. The number of phenols is 1. The Labute approximate surface area is 127 Å². The van der Waals surface area contributed by atoms with Crippen LogP contribution in [0.1, 0.15) is 62.3 Å². The zero-order valence-electron chi connectivity index (χ0n) is 13.7. The highest BCUT2D eigenvalue weighted by molar-refractivity contribution is 5.51. The van der Waals surface area contributed by atoms with Crippen LogP contribution in [0.2, 0.25) is 0 Å². The largest absolute Gasteiger partial charge is 0.508 e. The molecule has 0 aromatic heterocycles. The maximum Gasteiger partial charge on any atom is 0.120 e. The van der Waals surface area contributed by atoms with Gasteiger partial charge >= 0.3 is 0 Å². The number of rotatable bonds is 3. The molecule has 2 N–H and O–H groups in total. The topological polar surface area (TPSA) is 41.5 Å². The van der Waals surface area contributed by atoms with Gasteiger partial charge in [-0.15, -0.1) is 0 Å². The maximum atomic E-state index is 10.3. The standard InChI is InChI=1S/C18H27NO2/c1-10-6-7-13(20)17-12(8-11(2)16(10)17)19-14-9-15(21-5)18(14,3)4/h6-7,11-12,14-15,19-20H,8-9H2,1-5H3. The molecule has 0 amide bonds. The van der Waals surface area contributed by atoms with Gasteiger partial charge in [0.15, 0.2) is 0 Å². The van der Waals surface area contributed by atoms with Gasteiger partial charge in [-0.25, -0.2) is 0 Å². The first kappa shape index (κ1) is 14.9. The van der Waals surface area contributed by atoms with E-state index in [1.165, 1.54) is 11.1 Å². The van der Waals surface area contributed by atoms with E-state index in [1.807, 2.05) is 12.1 Å². The molecule has 0 saturated heterocycles. The van der Waals surface area contributed by atoms with Gasteiger partial charge in [0.2, 0.25) is 0 Å². The summed E-state index contributed by atoms with van der Waals surface area (Å²) < 4.78 is 5.54. The predicted octanol–water partition coefficient (Wildman–Crippen LogP) is 3.65. The van der Waals surface area contributed by atoms with Crippen molar-refractivity contribution in [2.24, 2.45) is 5.41 Å². The molecule has 2 aliphatic carbocycles. The Morgan fingerprint density at radius 3 is 2.57 bits per heavy atom. The summed E-state index contributed by atoms with van der Waals surface area (Å²) in [5.41, 5.74) is 3.91. The minimum atomic E-state index is 0.153. The van der Waals surface area contributed by atoms with Crippen LogP contribution in [0.15, 0.2) is 12.1 Å². The van der Waals surface area contributed by atoms with Crippen molar-refractivity contribution in [3.63, 3.8) is 0 Å². The average Bonchev–Trinajstić information content (AvgIpc) is 2.76. The molecule has 0 heterocycles. The number of methoxy groups -OCH3 is 1. The first-order chi connectivity index (χ1) is 9.86. The quantitative estimate of drug-likeness (QED) is 0.892. The van der Waals surface area contributed by atoms with Crippen molar-refractivity contribution < 1.29 is 9.84 Å². The third kappa shape index (κ3) is 2.18. The second-order valence-electron chi connectivity index (χ2n) is 7.42. The van der Waals surface area contributed by atoms with E-state index in [-0.39, 0.29) is 11.5 Å². The molecule has 4 unspecified atom stereocenters. The lowest BCUT2D eigenvalue weighted by Crippen LogP contribution is -2.61. The van der Waals surface area contributed by atoms with E-state index in [9.17, 15) is 5.11 Å². The van der Waals surface area contributed by atoms with Crippen LogP contribution < -0.4 is 5.32 Å². The van der Waals surface area contributed by atoms with E-state index >= 15 is 0 Å². The summed E-state index contributed by atoms with van der Waals surface area (Å²) in [5.74, 6) is 0.948. The maximum absolute atomic E-state index is 10.3. The van der Waals surface area contributed by atoms with Crippen LogP contribution in [0.25, 0.3) is 0 Å². The molecule has 0 spiro atoms. The third-order valence-electron chi connectivity index (χ3n) is 5.78. The number of fused-ring (bicyclic) bond motifs is 1. The fraction of sp³-hybridized carbons (Fsp3) is 0.667. The number of nitrogens with one attached hydrogen (secondary N) is 1. The number of hydrogen-bond acceptors (Lipinski definition) is 3. The Morgan fingerprint density at radius 1 is 1.24 bits per heavy atom. The minimum Gasteiger partial charge on any atom is -0.508 e. The highest BCUT2D eigenvalue weighted by Gasteiger charge is 2.50. The molecule has 0 bridgehead atoms. The number of aryl methyl sites for hydroxylation is 1. The molecule has 1 saturated carbocycles. The van der Waals surface area contributed by atoms with Crippen molar-refractivity contribution >= 4 is 0 Å². The van der Waals surface area contributed by atoms with Gasteiger partial charge in [0.05, 0.1) is 6.10 Å². The highest BCUT2D eigenvalue weighted by Crippen LogP contribution is 2.49. The first-order valence-electron chi connectivity index (χ1n) is 7.97. The summed E-state index contributed by atoms with van der Waals surface area (Å²) in [7, 11) is 1.80. The summed E-state index contributed by atoms with van der Waals surface area (Å²) in [5, 5.41) is 14.1. The zero-order chi connectivity index (χ0) is 15.4. The smallest absolute Gasteiger partial charge is 0.120 e. The van der Waals surface area contributed by atoms with Crippen molar-refractivity contribution in [2.45, 2.75) is 64.6 Å². The molecule has 1 fully saturated rings. The summed E-state index contributed by atoms with van der Waals surface area (Å²) in [4.78, 5) is 0. The Hall–Kier alpha value is -1.06. The van der Waals surface area contributed by atoms with E-state index in [0.717, 1.165) is 18.4 Å². The third-order valence-corrected chi connectivity index (χ3v) is 5.78. The Morgan fingerprint density at radius 2 is 1.95 bits per heavy atom. The summed E-state index contributed by atoms with van der Waals surface area (Å²) >= 11 is 0. The number of phenolic OH excluding ortho intramolecular Hbond substituents is 1. The average molecular weight is 289 g/mol. The van der Waals surface area contributed by atoms with Crippen LogP contribution in [-0.2, 0) is 4.74 Å². The van der Waals surface area contributed by atoms with E-state index < -0.39 is 0 Å². The van der Waals surface area contributed by atoms with Gasteiger partial charge in [-0.3, -0.25) is 0 Å². The SMILES string of the molecule is COC1CC(NC2CC(C)c3c(C)ccc(O)c32)C1(C)C. The van der Waals surface area contributed by atoms with Crippen molar-refractivity contribution in [1.29, 1.82) is 0 Å². The Kier molecular flexibility index (Phi) is 3.53. The number of hydrogen-bond donors (Lipinski definition) is 2. The van der Waals surface area contributed by atoms with E-state index in [1.54, 1.807) is 7.11 Å². The minimum absolute atomic E-state index is 0.153. The number of ether oxygens (including phenoxy) is 1. The van der Waals surface area contributed by atoms with Crippen LogP contribution in [0.4, 0.5) is 0 Å². The normalized spacial score (nSPS) is 33.6. The molecule has 0 aliphatic heterocycles. The van der Waals surface area contributed by atoms with Gasteiger partial charge in [0.25, 0.3) is 0 Å². The fourth-order valence-corrected chi connectivity index (χ4v) is 4.31. The summed E-state index contributed by atoms with van der Waals surface area (Å²) in [6.07, 6.45) is 2.45. The van der Waals surface area contributed by atoms with Gasteiger partial charge < -0.3 is 15.2 Å². The second-order valence-corrected chi connectivity index (χ2v) is 7.42. The van der Waals surface area contributed by atoms with Crippen molar-refractivity contribution in [1.82, 2.24) is 5.32 Å².